The van der Waals surface area contributed by atoms with Crippen LogP contribution in [-0.2, 0) is 19.4 Å². The Balaban J connectivity index is 2.15. The Morgan fingerprint density at radius 2 is 1.73 bits per heavy atom. The summed E-state index contributed by atoms with van der Waals surface area (Å²) < 4.78 is 28.5. The zero-order valence-electron chi connectivity index (χ0n) is 14.9. The number of rotatable bonds is 6. The molecule has 2 aromatic rings. The van der Waals surface area contributed by atoms with Gasteiger partial charge in [0.05, 0.1) is 10.5 Å². The molecule has 0 spiro atoms. The van der Waals surface area contributed by atoms with E-state index in [1.807, 2.05) is 25.1 Å². The molecule has 0 aromatic heterocycles. The minimum atomic E-state index is -3.44. The molecule has 0 saturated heterocycles. The number of amides is 1. The Hall–Kier alpha value is -2.67. The summed E-state index contributed by atoms with van der Waals surface area (Å²) in [5.74, 6) is -1.10. The van der Waals surface area contributed by atoms with Gasteiger partial charge in [0, 0.05) is 18.5 Å². The molecule has 6 nitrogen and oxygen atoms in total. The third kappa shape index (κ3) is 4.70. The molecule has 0 radical (unpaired) electrons. The molecular formula is C19H21NO5S. The van der Waals surface area contributed by atoms with E-state index in [2.05, 4.69) is 0 Å². The predicted molar refractivity (Wildman–Crippen MR) is 98.9 cm³/mol. The molecule has 7 heteroatoms. The van der Waals surface area contributed by atoms with Gasteiger partial charge in [-0.15, -0.1) is 0 Å². The number of nitrogens with zero attached hydrogens (tertiary/aromatic N) is 1. The highest BCUT2D eigenvalue weighted by molar-refractivity contribution is 7.90. The highest BCUT2D eigenvalue weighted by atomic mass is 32.2. The molecule has 26 heavy (non-hydrogen) atoms. The van der Waals surface area contributed by atoms with Gasteiger partial charge in [0.25, 0.3) is 5.91 Å². The van der Waals surface area contributed by atoms with Crippen LogP contribution in [0.25, 0.3) is 0 Å². The topological polar surface area (TPSA) is 80.8 Å². The van der Waals surface area contributed by atoms with Crippen molar-refractivity contribution in [2.24, 2.45) is 0 Å². The quantitative estimate of drug-likeness (QED) is 0.725. The molecule has 0 aliphatic heterocycles. The van der Waals surface area contributed by atoms with E-state index in [-0.39, 0.29) is 16.4 Å². The van der Waals surface area contributed by atoms with Gasteiger partial charge in [-0.05, 0) is 44.2 Å². The van der Waals surface area contributed by atoms with Gasteiger partial charge in [-0.25, -0.2) is 13.2 Å². The summed E-state index contributed by atoms with van der Waals surface area (Å²) in [4.78, 5) is 26.5. The van der Waals surface area contributed by atoms with Crippen LogP contribution in [0.5, 0.6) is 0 Å². The zero-order valence-corrected chi connectivity index (χ0v) is 15.7. The molecule has 0 fully saturated rings. The van der Waals surface area contributed by atoms with Crippen LogP contribution in [0, 0.1) is 0 Å². The van der Waals surface area contributed by atoms with Crippen molar-refractivity contribution in [1.29, 1.82) is 0 Å². The summed E-state index contributed by atoms with van der Waals surface area (Å²) in [5.41, 5.74) is 0.789. The van der Waals surface area contributed by atoms with Crippen molar-refractivity contribution in [2.75, 3.05) is 17.7 Å². The fourth-order valence-electron chi connectivity index (χ4n) is 2.43. The number of sulfone groups is 1. The highest BCUT2D eigenvalue weighted by Gasteiger charge is 2.25. The van der Waals surface area contributed by atoms with Gasteiger partial charge in [-0.2, -0.15) is 0 Å². The first-order valence-electron chi connectivity index (χ1n) is 8.11. The first-order chi connectivity index (χ1) is 12.2. The van der Waals surface area contributed by atoms with E-state index in [1.165, 1.54) is 36.1 Å². The number of para-hydroxylation sites is 1. The van der Waals surface area contributed by atoms with Crippen LogP contribution in [-0.4, -0.2) is 39.2 Å². The second-order valence-electron chi connectivity index (χ2n) is 5.77. The maximum absolute atomic E-state index is 12.6. The molecule has 2 rings (SSSR count). The van der Waals surface area contributed by atoms with Gasteiger partial charge in [0.2, 0.25) is 0 Å². The lowest BCUT2D eigenvalue weighted by Gasteiger charge is -2.24. The Morgan fingerprint density at radius 1 is 1.08 bits per heavy atom. The monoisotopic (exact) mass is 375 g/mol. The van der Waals surface area contributed by atoms with Crippen LogP contribution < -0.4 is 4.90 Å². The van der Waals surface area contributed by atoms with E-state index in [1.54, 1.807) is 12.1 Å². The summed E-state index contributed by atoms with van der Waals surface area (Å²) in [5, 5.41) is 0. The molecule has 0 aliphatic rings. The number of carbonyl (C=O) groups is 2. The SMILES string of the molecule is CCN(C(=O)[C@@H](C)OC(=O)c1cccc(S(C)(=O)=O)c1)c1ccccc1. The van der Waals surface area contributed by atoms with Crippen molar-refractivity contribution in [3.63, 3.8) is 0 Å². The van der Waals surface area contributed by atoms with Gasteiger partial charge in [0.1, 0.15) is 0 Å². The van der Waals surface area contributed by atoms with Crippen LogP contribution in [0.3, 0.4) is 0 Å². The smallest absolute Gasteiger partial charge is 0.338 e. The molecule has 0 N–H and O–H groups in total. The van der Waals surface area contributed by atoms with Crippen LogP contribution in [0.15, 0.2) is 59.5 Å². The van der Waals surface area contributed by atoms with Gasteiger partial charge in [0.15, 0.2) is 15.9 Å². The van der Waals surface area contributed by atoms with E-state index in [0.29, 0.717) is 12.2 Å². The fraction of sp³-hybridized carbons (Fsp3) is 0.263. The van der Waals surface area contributed by atoms with E-state index >= 15 is 0 Å². The van der Waals surface area contributed by atoms with Crippen molar-refractivity contribution in [2.45, 2.75) is 24.8 Å². The van der Waals surface area contributed by atoms with E-state index in [0.717, 1.165) is 6.26 Å². The summed E-state index contributed by atoms with van der Waals surface area (Å²) in [6, 6.07) is 14.6. The third-order valence-electron chi connectivity index (χ3n) is 3.78. The van der Waals surface area contributed by atoms with Crippen molar-refractivity contribution in [1.82, 2.24) is 0 Å². The van der Waals surface area contributed by atoms with Crippen molar-refractivity contribution >= 4 is 27.4 Å². The van der Waals surface area contributed by atoms with Gasteiger partial charge in [-0.3, -0.25) is 4.79 Å². The molecule has 0 aliphatic carbocycles. The van der Waals surface area contributed by atoms with Crippen LogP contribution in [0.1, 0.15) is 24.2 Å². The molecule has 1 amide bonds. The number of carbonyl (C=O) groups excluding carboxylic acids is 2. The van der Waals surface area contributed by atoms with Gasteiger partial charge < -0.3 is 9.64 Å². The normalized spacial score (nSPS) is 12.3. The van der Waals surface area contributed by atoms with Crippen LogP contribution in [0.2, 0.25) is 0 Å². The fourth-order valence-corrected chi connectivity index (χ4v) is 3.09. The molecule has 1 atom stereocenters. The van der Waals surface area contributed by atoms with E-state index in [4.69, 9.17) is 4.74 Å². The number of benzene rings is 2. The lowest BCUT2D eigenvalue weighted by atomic mass is 10.2. The molecule has 0 unspecified atom stereocenters. The molecule has 2 aromatic carbocycles. The minimum Gasteiger partial charge on any atom is -0.449 e. The van der Waals surface area contributed by atoms with Crippen molar-refractivity contribution in [3.8, 4) is 0 Å². The molecule has 0 bridgehead atoms. The van der Waals surface area contributed by atoms with Crippen LogP contribution in [0.4, 0.5) is 5.69 Å². The third-order valence-corrected chi connectivity index (χ3v) is 4.89. The largest absolute Gasteiger partial charge is 0.449 e. The zero-order chi connectivity index (χ0) is 19.3. The average Bonchev–Trinajstić information content (AvgIpc) is 2.62. The van der Waals surface area contributed by atoms with Crippen molar-refractivity contribution < 1.29 is 22.7 Å². The number of anilines is 1. The van der Waals surface area contributed by atoms with E-state index in [9.17, 15) is 18.0 Å². The first kappa shape index (κ1) is 19.7. The average molecular weight is 375 g/mol. The number of hydrogen-bond acceptors (Lipinski definition) is 5. The minimum absolute atomic E-state index is 0.0189. The molecule has 138 valence electrons. The van der Waals surface area contributed by atoms with E-state index < -0.39 is 21.9 Å². The predicted octanol–water partition coefficient (Wildman–Crippen LogP) is 2.69. The van der Waals surface area contributed by atoms with Gasteiger partial charge in [-0.1, -0.05) is 24.3 Å². The summed E-state index contributed by atoms with van der Waals surface area (Å²) in [6.07, 6.45) is 0.0484. The Morgan fingerprint density at radius 3 is 2.31 bits per heavy atom. The number of esters is 1. The van der Waals surface area contributed by atoms with Crippen LogP contribution >= 0.6 is 0 Å². The second kappa shape index (κ2) is 8.14. The number of hydrogen-bond donors (Lipinski definition) is 0. The highest BCUT2D eigenvalue weighted by Crippen LogP contribution is 2.17. The molecule has 0 heterocycles. The van der Waals surface area contributed by atoms with Crippen molar-refractivity contribution in [3.05, 3.63) is 60.2 Å². The lowest BCUT2D eigenvalue weighted by molar-refractivity contribution is -0.126. The molecule has 0 saturated carbocycles. The Kier molecular flexibility index (Phi) is 6.15. The maximum atomic E-state index is 12.6. The first-order valence-corrected chi connectivity index (χ1v) is 10.0. The lowest BCUT2D eigenvalue weighted by Crippen LogP contribution is -2.40. The molecular weight excluding hydrogens is 354 g/mol. The summed E-state index contributed by atoms with van der Waals surface area (Å²) >= 11 is 0. The second-order valence-corrected chi connectivity index (χ2v) is 7.78. The Labute approximate surface area is 153 Å². The van der Waals surface area contributed by atoms with Gasteiger partial charge >= 0.3 is 5.97 Å². The number of ether oxygens (including phenoxy) is 1. The Bertz CT molecular complexity index is 893. The number of likely N-dealkylation sites (N-methyl/N-ethyl adjacent to an activating group) is 1. The standard InChI is InChI=1S/C19H21NO5S/c1-4-20(16-10-6-5-7-11-16)18(21)14(2)25-19(22)15-9-8-12-17(13-15)26(3,23)24/h5-14H,4H2,1-3H3/t14-/m1/s1. The summed E-state index contributed by atoms with van der Waals surface area (Å²) in [6.45, 7) is 3.75. The summed E-state index contributed by atoms with van der Waals surface area (Å²) in [7, 11) is -3.44. The maximum Gasteiger partial charge on any atom is 0.338 e.